The van der Waals surface area contributed by atoms with E-state index in [1.165, 1.54) is 5.56 Å². The SMILES string of the molecule is Cc1cc(CCBr)ccn1. The minimum absolute atomic E-state index is 1.02. The first-order chi connectivity index (χ1) is 4.83. The topological polar surface area (TPSA) is 12.9 Å². The molecule has 1 aromatic rings. The Bertz CT molecular complexity index is 210. The van der Waals surface area contributed by atoms with E-state index in [0.29, 0.717) is 0 Å². The van der Waals surface area contributed by atoms with Crippen molar-refractivity contribution < 1.29 is 0 Å². The van der Waals surface area contributed by atoms with Crippen LogP contribution in [-0.4, -0.2) is 10.3 Å². The Morgan fingerprint density at radius 3 is 3.00 bits per heavy atom. The fourth-order valence-electron chi connectivity index (χ4n) is 0.869. The Kier molecular flexibility index (Phi) is 2.87. The van der Waals surface area contributed by atoms with Gasteiger partial charge in [0.15, 0.2) is 0 Å². The fraction of sp³-hybridized carbons (Fsp3) is 0.375. The van der Waals surface area contributed by atoms with Crippen LogP contribution in [0.1, 0.15) is 11.3 Å². The highest BCUT2D eigenvalue weighted by Gasteiger charge is 1.90. The molecule has 54 valence electrons. The van der Waals surface area contributed by atoms with Gasteiger partial charge in [0.2, 0.25) is 0 Å². The van der Waals surface area contributed by atoms with Crippen molar-refractivity contribution in [1.29, 1.82) is 0 Å². The first-order valence-electron chi connectivity index (χ1n) is 3.30. The van der Waals surface area contributed by atoms with Crippen LogP contribution < -0.4 is 0 Å². The van der Waals surface area contributed by atoms with Crippen molar-refractivity contribution in [2.45, 2.75) is 13.3 Å². The van der Waals surface area contributed by atoms with Gasteiger partial charge in [0.25, 0.3) is 0 Å². The van der Waals surface area contributed by atoms with Gasteiger partial charge in [-0.1, -0.05) is 15.9 Å². The van der Waals surface area contributed by atoms with Gasteiger partial charge in [-0.25, -0.2) is 0 Å². The van der Waals surface area contributed by atoms with E-state index in [-0.39, 0.29) is 0 Å². The lowest BCUT2D eigenvalue weighted by Crippen LogP contribution is -1.87. The second-order valence-electron chi connectivity index (χ2n) is 2.24. The van der Waals surface area contributed by atoms with Crippen LogP contribution in [0.5, 0.6) is 0 Å². The molecule has 0 atom stereocenters. The molecule has 0 aliphatic rings. The van der Waals surface area contributed by atoms with Gasteiger partial charge in [0.1, 0.15) is 0 Å². The third-order valence-corrected chi connectivity index (χ3v) is 1.74. The minimum Gasteiger partial charge on any atom is -0.262 e. The quantitative estimate of drug-likeness (QED) is 0.667. The van der Waals surface area contributed by atoms with Gasteiger partial charge in [0.05, 0.1) is 0 Å². The summed E-state index contributed by atoms with van der Waals surface area (Å²) in [4.78, 5) is 4.11. The summed E-state index contributed by atoms with van der Waals surface area (Å²) in [6.45, 7) is 2.01. The zero-order valence-corrected chi connectivity index (χ0v) is 7.56. The average Bonchev–Trinajstić information content (AvgIpc) is 1.88. The van der Waals surface area contributed by atoms with Crippen LogP contribution in [0.4, 0.5) is 0 Å². The lowest BCUT2D eigenvalue weighted by molar-refractivity contribution is 1.10. The van der Waals surface area contributed by atoms with Crippen LogP contribution in [-0.2, 0) is 6.42 Å². The summed E-state index contributed by atoms with van der Waals surface area (Å²) in [5.74, 6) is 0. The lowest BCUT2D eigenvalue weighted by atomic mass is 10.2. The second-order valence-corrected chi connectivity index (χ2v) is 3.04. The summed E-state index contributed by atoms with van der Waals surface area (Å²) >= 11 is 3.39. The molecule has 0 spiro atoms. The summed E-state index contributed by atoms with van der Waals surface area (Å²) in [6.07, 6.45) is 2.94. The third-order valence-electron chi connectivity index (χ3n) is 1.34. The molecular formula is C8H10BrN. The van der Waals surface area contributed by atoms with E-state index in [4.69, 9.17) is 0 Å². The van der Waals surface area contributed by atoms with Gasteiger partial charge >= 0.3 is 0 Å². The van der Waals surface area contributed by atoms with Crippen molar-refractivity contribution >= 4 is 15.9 Å². The molecule has 0 saturated carbocycles. The second kappa shape index (κ2) is 3.71. The van der Waals surface area contributed by atoms with E-state index >= 15 is 0 Å². The molecule has 0 amide bonds. The monoisotopic (exact) mass is 199 g/mol. The van der Waals surface area contributed by atoms with Crippen molar-refractivity contribution in [2.75, 3.05) is 5.33 Å². The van der Waals surface area contributed by atoms with Crippen molar-refractivity contribution in [2.24, 2.45) is 0 Å². The summed E-state index contributed by atoms with van der Waals surface area (Å²) in [6, 6.07) is 4.16. The van der Waals surface area contributed by atoms with Crippen LogP contribution in [0.25, 0.3) is 0 Å². The maximum absolute atomic E-state index is 4.11. The highest BCUT2D eigenvalue weighted by Crippen LogP contribution is 2.02. The third kappa shape index (κ3) is 2.10. The van der Waals surface area contributed by atoms with Crippen LogP contribution in [0, 0.1) is 6.92 Å². The van der Waals surface area contributed by atoms with Crippen molar-refractivity contribution in [3.63, 3.8) is 0 Å². The van der Waals surface area contributed by atoms with Crippen LogP contribution in [0.15, 0.2) is 18.3 Å². The van der Waals surface area contributed by atoms with Gasteiger partial charge in [-0.05, 0) is 31.0 Å². The maximum atomic E-state index is 4.11. The van der Waals surface area contributed by atoms with Crippen LogP contribution >= 0.6 is 15.9 Å². The van der Waals surface area contributed by atoms with Crippen molar-refractivity contribution in [1.82, 2.24) is 4.98 Å². The highest BCUT2D eigenvalue weighted by molar-refractivity contribution is 9.09. The van der Waals surface area contributed by atoms with Gasteiger partial charge in [0, 0.05) is 17.2 Å². The van der Waals surface area contributed by atoms with Gasteiger partial charge < -0.3 is 0 Å². The Hall–Kier alpha value is -0.370. The zero-order chi connectivity index (χ0) is 7.40. The van der Waals surface area contributed by atoms with E-state index in [1.807, 2.05) is 19.2 Å². The molecule has 0 N–H and O–H groups in total. The van der Waals surface area contributed by atoms with E-state index in [2.05, 4.69) is 27.0 Å². The first kappa shape index (κ1) is 7.73. The smallest absolute Gasteiger partial charge is 0.0375 e. The standard InChI is InChI=1S/C8H10BrN/c1-7-6-8(2-4-9)3-5-10-7/h3,5-6H,2,4H2,1H3. The molecule has 0 saturated heterocycles. The molecule has 0 bridgehead atoms. The molecular weight excluding hydrogens is 190 g/mol. The van der Waals surface area contributed by atoms with Crippen LogP contribution in [0.3, 0.4) is 0 Å². The Morgan fingerprint density at radius 1 is 1.60 bits per heavy atom. The summed E-state index contributed by atoms with van der Waals surface area (Å²) in [7, 11) is 0. The van der Waals surface area contributed by atoms with E-state index in [1.54, 1.807) is 0 Å². The molecule has 1 aromatic heterocycles. The molecule has 0 aliphatic heterocycles. The molecule has 1 rings (SSSR count). The minimum atomic E-state index is 1.02. The van der Waals surface area contributed by atoms with Crippen molar-refractivity contribution in [3.05, 3.63) is 29.6 Å². The van der Waals surface area contributed by atoms with E-state index in [9.17, 15) is 0 Å². The molecule has 1 heterocycles. The Balaban J connectivity index is 2.75. The molecule has 10 heavy (non-hydrogen) atoms. The van der Waals surface area contributed by atoms with Crippen LogP contribution in [0.2, 0.25) is 0 Å². The molecule has 2 heteroatoms. The number of aryl methyl sites for hydroxylation is 2. The Morgan fingerprint density at radius 2 is 2.40 bits per heavy atom. The lowest BCUT2D eigenvalue weighted by Gasteiger charge is -1.96. The number of rotatable bonds is 2. The summed E-state index contributed by atoms with van der Waals surface area (Å²) in [5, 5.41) is 1.02. The summed E-state index contributed by atoms with van der Waals surface area (Å²) in [5.41, 5.74) is 2.45. The normalized spacial score (nSPS) is 9.80. The number of hydrogen-bond donors (Lipinski definition) is 0. The number of halogens is 1. The number of hydrogen-bond acceptors (Lipinski definition) is 1. The largest absolute Gasteiger partial charge is 0.262 e. The number of alkyl halides is 1. The van der Waals surface area contributed by atoms with Gasteiger partial charge in [-0.15, -0.1) is 0 Å². The molecule has 0 aromatic carbocycles. The van der Waals surface area contributed by atoms with Gasteiger partial charge in [-0.3, -0.25) is 4.98 Å². The Labute approximate surface area is 69.6 Å². The zero-order valence-electron chi connectivity index (χ0n) is 5.97. The molecule has 1 nitrogen and oxygen atoms in total. The maximum Gasteiger partial charge on any atom is 0.0375 e. The predicted molar refractivity (Wildman–Crippen MR) is 46.5 cm³/mol. The molecule has 0 aliphatic carbocycles. The fourth-order valence-corrected chi connectivity index (χ4v) is 1.33. The van der Waals surface area contributed by atoms with E-state index in [0.717, 1.165) is 17.4 Å². The average molecular weight is 200 g/mol. The van der Waals surface area contributed by atoms with Gasteiger partial charge in [-0.2, -0.15) is 0 Å². The number of pyridine rings is 1. The van der Waals surface area contributed by atoms with E-state index < -0.39 is 0 Å². The molecule has 0 unspecified atom stereocenters. The predicted octanol–water partition coefficient (Wildman–Crippen LogP) is 2.33. The number of nitrogens with zero attached hydrogens (tertiary/aromatic N) is 1. The first-order valence-corrected chi connectivity index (χ1v) is 4.42. The molecule has 0 fully saturated rings. The highest BCUT2D eigenvalue weighted by atomic mass is 79.9. The number of aromatic nitrogens is 1. The molecule has 0 radical (unpaired) electrons. The summed E-state index contributed by atoms with van der Waals surface area (Å²) < 4.78 is 0. The van der Waals surface area contributed by atoms with Crippen molar-refractivity contribution in [3.8, 4) is 0 Å².